The molecule has 12 nitrogen and oxygen atoms in total. The van der Waals surface area contributed by atoms with Crippen molar-refractivity contribution in [3.8, 4) is 11.8 Å². The van der Waals surface area contributed by atoms with Crippen LogP contribution in [0.3, 0.4) is 0 Å². The van der Waals surface area contributed by atoms with Gasteiger partial charge in [-0.15, -0.1) is 0 Å². The lowest BCUT2D eigenvalue weighted by Crippen LogP contribution is -2.58. The number of rotatable bonds is 9. The molecule has 1 spiro atoms. The van der Waals surface area contributed by atoms with Gasteiger partial charge in [0.2, 0.25) is 23.3 Å². The van der Waals surface area contributed by atoms with E-state index in [4.69, 9.17) is 10.5 Å². The van der Waals surface area contributed by atoms with E-state index in [9.17, 15) is 42.4 Å². The van der Waals surface area contributed by atoms with Crippen molar-refractivity contribution < 1.29 is 41.9 Å². The number of hydrogen-bond acceptors (Lipinski definition) is 7. The van der Waals surface area contributed by atoms with E-state index in [1.807, 2.05) is 6.07 Å². The standard InChI is InChI=1S/C28H31F3N6O6/c1-36(23(39)18(9-14-5-6-14)35-26(42)28(29,30)31)19(10-15-7-8-15)24(40)37-13-27(11-20(37)22(33)38)25(41)34-17-4-2-3-16(12-32)21(17)43-27/h2-4,14-15,18-20H,5-11,13H2,1H3,(H2,33,38)(H,34,41)(H,35,42)/t18-,19-,20-,27+/m0/s1. The van der Waals surface area contributed by atoms with Gasteiger partial charge < -0.3 is 30.9 Å². The molecule has 230 valence electrons. The third kappa shape index (κ3) is 6.09. The van der Waals surface area contributed by atoms with E-state index in [0.717, 1.165) is 22.6 Å². The van der Waals surface area contributed by atoms with Crippen molar-refractivity contribution in [2.75, 3.05) is 18.9 Å². The fourth-order valence-corrected chi connectivity index (χ4v) is 5.74. The van der Waals surface area contributed by atoms with E-state index in [1.54, 1.807) is 11.4 Å². The smallest absolute Gasteiger partial charge is 0.471 e. The van der Waals surface area contributed by atoms with Gasteiger partial charge in [0.1, 0.15) is 24.2 Å². The molecule has 0 aromatic heterocycles. The zero-order valence-electron chi connectivity index (χ0n) is 23.3. The van der Waals surface area contributed by atoms with Crippen molar-refractivity contribution in [1.29, 1.82) is 5.26 Å². The largest absolute Gasteiger partial charge is 0.472 e. The second kappa shape index (κ2) is 11.1. The molecule has 4 aliphatic rings. The highest BCUT2D eigenvalue weighted by atomic mass is 19.4. The molecule has 2 aliphatic carbocycles. The molecule has 2 saturated carbocycles. The maximum absolute atomic E-state index is 14.1. The highest BCUT2D eigenvalue weighted by molar-refractivity contribution is 6.04. The maximum atomic E-state index is 14.1. The number of fused-ring (bicyclic) bond motifs is 1. The molecule has 2 heterocycles. The number of carbonyl (C=O) groups excluding carboxylic acids is 5. The number of nitrogens with zero attached hydrogens (tertiary/aromatic N) is 3. The van der Waals surface area contributed by atoms with E-state index in [0.29, 0.717) is 12.8 Å². The molecule has 4 N–H and O–H groups in total. The van der Waals surface area contributed by atoms with Crippen LogP contribution >= 0.6 is 0 Å². The summed E-state index contributed by atoms with van der Waals surface area (Å²) in [6, 6.07) is 2.51. The Morgan fingerprint density at radius 3 is 2.44 bits per heavy atom. The fourth-order valence-electron chi connectivity index (χ4n) is 5.74. The van der Waals surface area contributed by atoms with Crippen molar-refractivity contribution in [2.24, 2.45) is 17.6 Å². The lowest BCUT2D eigenvalue weighted by molar-refractivity contribution is -0.175. The summed E-state index contributed by atoms with van der Waals surface area (Å²) in [6.45, 7) is -0.427. The van der Waals surface area contributed by atoms with E-state index in [-0.39, 0.29) is 48.1 Å². The number of ether oxygens (including phenoxy) is 1. The minimum absolute atomic E-state index is 0.0132. The summed E-state index contributed by atoms with van der Waals surface area (Å²) >= 11 is 0. The van der Waals surface area contributed by atoms with Gasteiger partial charge in [-0.25, -0.2) is 0 Å². The second-order valence-corrected chi connectivity index (χ2v) is 11.8. The third-order valence-electron chi connectivity index (χ3n) is 8.51. The van der Waals surface area contributed by atoms with E-state index >= 15 is 0 Å². The van der Waals surface area contributed by atoms with Crippen LogP contribution < -0.4 is 21.1 Å². The number of likely N-dealkylation sites (N-methyl/N-ethyl adjacent to an activating group) is 1. The lowest BCUT2D eigenvalue weighted by atomic mass is 9.96. The summed E-state index contributed by atoms with van der Waals surface area (Å²) in [6.07, 6.45) is -2.43. The molecular formula is C28H31F3N6O6. The predicted molar refractivity (Wildman–Crippen MR) is 142 cm³/mol. The quantitative estimate of drug-likeness (QED) is 0.379. The van der Waals surface area contributed by atoms with Gasteiger partial charge in [-0.3, -0.25) is 24.0 Å². The molecule has 0 radical (unpaired) electrons. The first-order valence-electron chi connectivity index (χ1n) is 14.0. The topological polar surface area (TPSA) is 175 Å². The number of anilines is 1. The van der Waals surface area contributed by atoms with Crippen LogP contribution in [0.15, 0.2) is 18.2 Å². The van der Waals surface area contributed by atoms with E-state index in [2.05, 4.69) is 5.32 Å². The zero-order chi connectivity index (χ0) is 31.3. The Kier molecular flexibility index (Phi) is 7.74. The Hall–Kier alpha value is -4.35. The first-order valence-corrected chi connectivity index (χ1v) is 14.0. The van der Waals surface area contributed by atoms with Gasteiger partial charge in [-0.1, -0.05) is 31.7 Å². The minimum Gasteiger partial charge on any atom is -0.472 e. The molecule has 15 heteroatoms. The molecule has 2 aliphatic heterocycles. The van der Waals surface area contributed by atoms with Crippen molar-refractivity contribution >= 4 is 35.2 Å². The predicted octanol–water partition coefficient (Wildman–Crippen LogP) is 1.19. The molecule has 1 aromatic carbocycles. The van der Waals surface area contributed by atoms with Crippen LogP contribution in [-0.4, -0.2) is 82.8 Å². The summed E-state index contributed by atoms with van der Waals surface area (Å²) in [5.41, 5.74) is 4.26. The van der Waals surface area contributed by atoms with Crippen molar-refractivity contribution in [1.82, 2.24) is 15.1 Å². The Morgan fingerprint density at radius 1 is 1.21 bits per heavy atom. The van der Waals surface area contributed by atoms with E-state index in [1.165, 1.54) is 19.2 Å². The van der Waals surface area contributed by atoms with Crippen LogP contribution in [-0.2, 0) is 24.0 Å². The number of amides is 5. The molecule has 5 rings (SSSR count). The number of halogens is 3. The Morgan fingerprint density at radius 2 is 1.86 bits per heavy atom. The van der Waals surface area contributed by atoms with Gasteiger partial charge in [-0.2, -0.15) is 18.4 Å². The average Bonchev–Trinajstić information content (AvgIpc) is 3.89. The molecule has 43 heavy (non-hydrogen) atoms. The third-order valence-corrected chi connectivity index (χ3v) is 8.51. The van der Waals surface area contributed by atoms with Gasteiger partial charge in [0.25, 0.3) is 5.91 Å². The number of primary amides is 1. The van der Waals surface area contributed by atoms with Crippen LogP contribution in [0.25, 0.3) is 0 Å². The number of alkyl halides is 3. The molecule has 1 saturated heterocycles. The van der Waals surface area contributed by atoms with E-state index < -0.39 is 66.0 Å². The first kappa shape index (κ1) is 30.1. The number of para-hydroxylation sites is 1. The average molecular weight is 605 g/mol. The fraction of sp³-hybridized carbons (Fsp3) is 0.571. The van der Waals surface area contributed by atoms with Gasteiger partial charge in [0, 0.05) is 13.5 Å². The van der Waals surface area contributed by atoms with Crippen LogP contribution in [0.1, 0.15) is 50.5 Å². The molecule has 1 aromatic rings. The zero-order valence-corrected chi connectivity index (χ0v) is 23.3. The Bertz CT molecular complexity index is 1400. The van der Waals surface area contributed by atoms with Gasteiger partial charge >= 0.3 is 12.1 Å². The minimum atomic E-state index is -5.20. The Labute approximate surface area is 244 Å². The molecule has 3 fully saturated rings. The number of carbonyl (C=O) groups is 5. The second-order valence-electron chi connectivity index (χ2n) is 11.8. The monoisotopic (exact) mass is 604 g/mol. The number of nitrogens with one attached hydrogen (secondary N) is 2. The summed E-state index contributed by atoms with van der Waals surface area (Å²) in [5.74, 6) is -5.33. The van der Waals surface area contributed by atoms with Gasteiger partial charge in [-0.05, 0) is 36.8 Å². The molecular weight excluding hydrogens is 573 g/mol. The van der Waals surface area contributed by atoms with Gasteiger partial charge in [0.15, 0.2) is 5.75 Å². The van der Waals surface area contributed by atoms with Gasteiger partial charge in [0.05, 0.1) is 17.8 Å². The number of nitrogens with two attached hydrogens (primary N) is 1. The Balaban J connectivity index is 1.42. The van der Waals surface area contributed by atoms with Crippen LogP contribution in [0.2, 0.25) is 0 Å². The summed E-state index contributed by atoms with van der Waals surface area (Å²) in [5, 5.41) is 14.0. The number of hydrogen-bond donors (Lipinski definition) is 3. The molecule has 0 bridgehead atoms. The molecule has 5 amide bonds. The highest BCUT2D eigenvalue weighted by Crippen LogP contribution is 2.43. The van der Waals surface area contributed by atoms with Crippen LogP contribution in [0.4, 0.5) is 18.9 Å². The molecule has 0 unspecified atom stereocenters. The van der Waals surface area contributed by atoms with Crippen molar-refractivity contribution in [3.63, 3.8) is 0 Å². The number of nitriles is 1. The number of benzene rings is 1. The summed E-state index contributed by atoms with van der Waals surface area (Å²) in [7, 11) is 1.28. The lowest BCUT2D eigenvalue weighted by Gasteiger charge is -2.36. The van der Waals surface area contributed by atoms with Crippen molar-refractivity contribution in [3.05, 3.63) is 23.8 Å². The first-order chi connectivity index (χ1) is 20.2. The van der Waals surface area contributed by atoms with Crippen LogP contribution in [0, 0.1) is 23.2 Å². The summed E-state index contributed by atoms with van der Waals surface area (Å²) in [4.78, 5) is 67.4. The normalized spacial score (nSPS) is 24.2. The highest BCUT2D eigenvalue weighted by Gasteiger charge is 2.58. The number of likely N-dealkylation sites (tertiary alicyclic amines) is 1. The maximum Gasteiger partial charge on any atom is 0.471 e. The SMILES string of the molecule is CN(C(=O)[C@H](CC1CC1)NC(=O)C(F)(F)F)[C@@H](CC1CC1)C(=O)N1C[C@@]2(C[C@H]1C(N)=O)Oc1c(C#N)cccc1NC2=O. The van der Waals surface area contributed by atoms with Crippen molar-refractivity contribution in [2.45, 2.75) is 74.8 Å². The molecule has 4 atom stereocenters. The van der Waals surface area contributed by atoms with Crippen LogP contribution in [0.5, 0.6) is 5.75 Å². The summed E-state index contributed by atoms with van der Waals surface area (Å²) < 4.78 is 45.2.